The van der Waals surface area contributed by atoms with Crippen molar-refractivity contribution < 1.29 is 0 Å². The Morgan fingerprint density at radius 2 is 2.40 bits per heavy atom. The standard InChI is InChI=1S/C8H5ClN/c9-7-1-2-8-6(5-7)3-4-10-8/h2-5,10H. The molecule has 1 aromatic carbocycles. The van der Waals surface area contributed by atoms with Gasteiger partial charge in [0.2, 0.25) is 0 Å². The third kappa shape index (κ3) is 0.792. The van der Waals surface area contributed by atoms with Gasteiger partial charge in [0.1, 0.15) is 0 Å². The predicted octanol–water partition coefficient (Wildman–Crippen LogP) is 2.62. The highest BCUT2D eigenvalue weighted by molar-refractivity contribution is 6.31. The van der Waals surface area contributed by atoms with E-state index >= 15 is 0 Å². The van der Waals surface area contributed by atoms with E-state index in [1.165, 1.54) is 0 Å². The molecule has 1 radical (unpaired) electrons. The lowest BCUT2D eigenvalue weighted by atomic mass is 10.2. The van der Waals surface area contributed by atoms with Crippen molar-refractivity contribution in [1.29, 1.82) is 0 Å². The molecule has 0 atom stereocenters. The molecule has 2 rings (SSSR count). The van der Waals surface area contributed by atoms with Gasteiger partial charge in [-0.3, -0.25) is 0 Å². The molecule has 0 saturated carbocycles. The molecule has 0 aliphatic carbocycles. The van der Waals surface area contributed by atoms with Crippen LogP contribution >= 0.6 is 11.6 Å². The quantitative estimate of drug-likeness (QED) is 0.594. The molecule has 1 N–H and O–H groups in total. The summed E-state index contributed by atoms with van der Waals surface area (Å²) in [5, 5.41) is 1.79. The van der Waals surface area contributed by atoms with Crippen LogP contribution in [0.3, 0.4) is 0 Å². The summed E-state index contributed by atoms with van der Waals surface area (Å²) in [5.41, 5.74) is 1.07. The van der Waals surface area contributed by atoms with E-state index in [4.69, 9.17) is 11.6 Å². The van der Waals surface area contributed by atoms with E-state index in [1.54, 1.807) is 0 Å². The molecule has 0 bridgehead atoms. The highest BCUT2D eigenvalue weighted by Gasteiger charge is 1.92. The van der Waals surface area contributed by atoms with Crippen LogP contribution in [0.1, 0.15) is 0 Å². The van der Waals surface area contributed by atoms with Gasteiger partial charge in [0, 0.05) is 28.2 Å². The highest BCUT2D eigenvalue weighted by atomic mass is 35.5. The SMILES string of the molecule is Clc1[c]cc2[nH]ccc2c1. The maximum Gasteiger partial charge on any atom is 0.0492 e. The summed E-state index contributed by atoms with van der Waals surface area (Å²) >= 11 is 5.71. The number of H-pyrrole nitrogens is 1. The van der Waals surface area contributed by atoms with Gasteiger partial charge in [-0.05, 0) is 18.2 Å². The first-order valence-corrected chi connectivity index (χ1v) is 3.38. The Bertz CT molecular complexity index is 351. The van der Waals surface area contributed by atoms with Gasteiger partial charge < -0.3 is 4.98 Å². The third-order valence-electron chi connectivity index (χ3n) is 1.45. The van der Waals surface area contributed by atoms with Crippen LogP contribution in [-0.4, -0.2) is 4.98 Å². The Morgan fingerprint density at radius 1 is 1.50 bits per heavy atom. The number of hydrogen-bond acceptors (Lipinski definition) is 0. The topological polar surface area (TPSA) is 15.8 Å². The van der Waals surface area contributed by atoms with Crippen molar-refractivity contribution in [2.24, 2.45) is 0 Å². The molecule has 10 heavy (non-hydrogen) atoms. The summed E-state index contributed by atoms with van der Waals surface area (Å²) in [6.45, 7) is 0. The molecular weight excluding hydrogens is 146 g/mol. The van der Waals surface area contributed by atoms with Crippen LogP contribution in [0.4, 0.5) is 0 Å². The normalized spacial score (nSPS) is 10.5. The van der Waals surface area contributed by atoms with Crippen LogP contribution in [0.15, 0.2) is 24.4 Å². The molecule has 1 nitrogen and oxygen atoms in total. The van der Waals surface area contributed by atoms with Crippen molar-refractivity contribution in [3.05, 3.63) is 35.5 Å². The molecule has 0 amide bonds. The molecule has 0 aliphatic rings. The molecule has 0 spiro atoms. The molecule has 0 aliphatic heterocycles. The van der Waals surface area contributed by atoms with Gasteiger partial charge in [0.25, 0.3) is 0 Å². The Kier molecular flexibility index (Phi) is 1.18. The molecule has 0 unspecified atom stereocenters. The Morgan fingerprint density at radius 3 is 3.30 bits per heavy atom. The number of aromatic amines is 1. The maximum atomic E-state index is 5.71. The van der Waals surface area contributed by atoms with Gasteiger partial charge in [0.05, 0.1) is 0 Å². The van der Waals surface area contributed by atoms with E-state index in [-0.39, 0.29) is 0 Å². The molecule has 2 heteroatoms. The zero-order valence-electron chi connectivity index (χ0n) is 5.19. The van der Waals surface area contributed by atoms with E-state index in [0.29, 0.717) is 5.02 Å². The summed E-state index contributed by atoms with van der Waals surface area (Å²) < 4.78 is 0. The number of halogens is 1. The zero-order valence-corrected chi connectivity index (χ0v) is 5.94. The maximum absolute atomic E-state index is 5.71. The minimum atomic E-state index is 0.659. The third-order valence-corrected chi connectivity index (χ3v) is 1.67. The summed E-state index contributed by atoms with van der Waals surface area (Å²) in [7, 11) is 0. The van der Waals surface area contributed by atoms with Gasteiger partial charge in [-0.25, -0.2) is 0 Å². The van der Waals surface area contributed by atoms with E-state index in [9.17, 15) is 0 Å². The minimum absolute atomic E-state index is 0.659. The highest BCUT2D eigenvalue weighted by Crippen LogP contribution is 2.16. The lowest BCUT2D eigenvalue weighted by Crippen LogP contribution is -1.66. The fourth-order valence-electron chi connectivity index (χ4n) is 0.965. The number of fused-ring (bicyclic) bond motifs is 1. The number of benzene rings is 1. The van der Waals surface area contributed by atoms with Gasteiger partial charge in [0.15, 0.2) is 0 Å². The number of nitrogens with one attached hydrogen (secondary N) is 1. The lowest BCUT2D eigenvalue weighted by molar-refractivity contribution is 1.48. The summed E-state index contributed by atoms with van der Waals surface area (Å²) in [6.07, 6.45) is 1.88. The van der Waals surface area contributed by atoms with Crippen molar-refractivity contribution in [3.63, 3.8) is 0 Å². The summed E-state index contributed by atoms with van der Waals surface area (Å²) in [6, 6.07) is 8.60. The van der Waals surface area contributed by atoms with E-state index in [0.717, 1.165) is 10.9 Å². The Hall–Kier alpha value is -0.950. The van der Waals surface area contributed by atoms with Crippen molar-refractivity contribution in [1.82, 2.24) is 4.98 Å². The van der Waals surface area contributed by atoms with Crippen LogP contribution < -0.4 is 0 Å². The van der Waals surface area contributed by atoms with E-state index in [1.807, 2.05) is 24.4 Å². The van der Waals surface area contributed by atoms with Crippen LogP contribution in [0.2, 0.25) is 5.02 Å². The van der Waals surface area contributed by atoms with Crippen LogP contribution in [0.5, 0.6) is 0 Å². The monoisotopic (exact) mass is 150 g/mol. The first-order chi connectivity index (χ1) is 4.86. The van der Waals surface area contributed by atoms with E-state index in [2.05, 4.69) is 11.1 Å². The molecule has 1 heterocycles. The number of rotatable bonds is 0. The second-order valence-corrected chi connectivity index (χ2v) is 2.53. The summed E-state index contributed by atoms with van der Waals surface area (Å²) in [5.74, 6) is 0. The molecule has 2 aromatic rings. The van der Waals surface area contributed by atoms with Crippen molar-refractivity contribution in [2.75, 3.05) is 0 Å². The molecule has 0 fully saturated rings. The lowest BCUT2D eigenvalue weighted by Gasteiger charge is -1.87. The molecule has 1 aromatic heterocycles. The average Bonchev–Trinajstić information content (AvgIpc) is 2.33. The number of hydrogen-bond donors (Lipinski definition) is 1. The van der Waals surface area contributed by atoms with Crippen molar-refractivity contribution in [2.45, 2.75) is 0 Å². The largest absolute Gasteiger partial charge is 0.361 e. The fourth-order valence-corrected chi connectivity index (χ4v) is 1.14. The van der Waals surface area contributed by atoms with Crippen molar-refractivity contribution >= 4 is 22.5 Å². The average molecular weight is 151 g/mol. The van der Waals surface area contributed by atoms with Gasteiger partial charge in [-0.1, -0.05) is 11.6 Å². The Balaban J connectivity index is 2.86. The van der Waals surface area contributed by atoms with Crippen LogP contribution in [0, 0.1) is 6.07 Å². The Labute approximate surface area is 63.6 Å². The van der Waals surface area contributed by atoms with Gasteiger partial charge >= 0.3 is 0 Å². The fraction of sp³-hybridized carbons (Fsp3) is 0. The second kappa shape index (κ2) is 2.03. The first-order valence-electron chi connectivity index (χ1n) is 3.00. The summed E-state index contributed by atoms with van der Waals surface area (Å²) in [4.78, 5) is 3.06. The molecule has 49 valence electrons. The first kappa shape index (κ1) is 5.81. The second-order valence-electron chi connectivity index (χ2n) is 2.13. The van der Waals surface area contributed by atoms with Gasteiger partial charge in [-0.15, -0.1) is 0 Å². The van der Waals surface area contributed by atoms with E-state index < -0.39 is 0 Å². The predicted molar refractivity (Wildman–Crippen MR) is 42.1 cm³/mol. The zero-order chi connectivity index (χ0) is 6.97. The van der Waals surface area contributed by atoms with Crippen LogP contribution in [0.25, 0.3) is 10.9 Å². The van der Waals surface area contributed by atoms with Gasteiger partial charge in [-0.2, -0.15) is 0 Å². The van der Waals surface area contributed by atoms with Crippen LogP contribution in [-0.2, 0) is 0 Å². The molecule has 0 saturated heterocycles. The minimum Gasteiger partial charge on any atom is -0.361 e. The smallest absolute Gasteiger partial charge is 0.0492 e. The molecular formula is C8H5ClN. The van der Waals surface area contributed by atoms with Crippen molar-refractivity contribution in [3.8, 4) is 0 Å². The number of aromatic nitrogens is 1.